The number of hydrogen-bond donors (Lipinski definition) is 1. The first-order valence-electron chi connectivity index (χ1n) is 8.40. The van der Waals surface area contributed by atoms with Gasteiger partial charge in [0, 0.05) is 38.3 Å². The summed E-state index contributed by atoms with van der Waals surface area (Å²) in [6.07, 6.45) is 5.39. The summed E-state index contributed by atoms with van der Waals surface area (Å²) >= 11 is 0. The number of carbonyl (C=O) groups is 2. The van der Waals surface area contributed by atoms with Gasteiger partial charge in [0.25, 0.3) is 5.91 Å². The molecule has 0 radical (unpaired) electrons. The highest BCUT2D eigenvalue weighted by Crippen LogP contribution is 2.38. The maximum atomic E-state index is 13.0. The molecule has 7 nitrogen and oxygen atoms in total. The Bertz CT molecular complexity index is 599. The fourth-order valence-electron chi connectivity index (χ4n) is 3.63. The van der Waals surface area contributed by atoms with Crippen molar-refractivity contribution >= 4 is 11.9 Å². The number of carboxylic acids is 1. The number of piperidine rings is 1. The van der Waals surface area contributed by atoms with Gasteiger partial charge in [0.15, 0.2) is 6.04 Å². The highest BCUT2D eigenvalue weighted by atomic mass is 16.5. The van der Waals surface area contributed by atoms with Crippen LogP contribution in [0.5, 0.6) is 0 Å². The number of nitrogens with zero attached hydrogens (tertiary/aromatic N) is 3. The van der Waals surface area contributed by atoms with Crippen LogP contribution in [0.1, 0.15) is 36.5 Å². The largest absolute Gasteiger partial charge is 0.480 e. The first kappa shape index (κ1) is 16.9. The zero-order chi connectivity index (χ0) is 17.2. The van der Waals surface area contributed by atoms with Crippen molar-refractivity contribution in [3.05, 3.63) is 30.1 Å². The van der Waals surface area contributed by atoms with E-state index < -0.39 is 17.7 Å². The van der Waals surface area contributed by atoms with Crippen LogP contribution < -0.4 is 0 Å². The summed E-state index contributed by atoms with van der Waals surface area (Å²) in [5, 5.41) is 9.53. The topological polar surface area (TPSA) is 83.0 Å². The van der Waals surface area contributed by atoms with Crippen LogP contribution >= 0.6 is 0 Å². The molecule has 1 spiro atoms. The van der Waals surface area contributed by atoms with Crippen molar-refractivity contribution in [1.82, 2.24) is 14.8 Å². The maximum Gasteiger partial charge on any atom is 0.328 e. The molecule has 1 aromatic rings. The lowest BCUT2D eigenvalue weighted by Crippen LogP contribution is -2.58. The van der Waals surface area contributed by atoms with Gasteiger partial charge in [-0.25, -0.2) is 4.79 Å². The van der Waals surface area contributed by atoms with Gasteiger partial charge in [-0.3, -0.25) is 14.7 Å². The predicted octanol–water partition coefficient (Wildman–Crippen LogP) is 1.21. The molecule has 24 heavy (non-hydrogen) atoms. The van der Waals surface area contributed by atoms with E-state index in [1.807, 2.05) is 0 Å². The van der Waals surface area contributed by atoms with Crippen molar-refractivity contribution in [2.45, 2.75) is 38.0 Å². The first-order valence-corrected chi connectivity index (χ1v) is 8.40. The summed E-state index contributed by atoms with van der Waals surface area (Å²) in [5.74, 6) is -1.35. The summed E-state index contributed by atoms with van der Waals surface area (Å²) in [5.41, 5.74) is -0.426. The van der Waals surface area contributed by atoms with Crippen LogP contribution in [0, 0.1) is 0 Å². The van der Waals surface area contributed by atoms with E-state index in [9.17, 15) is 14.7 Å². The number of carboxylic acid groups (broad SMARTS) is 1. The molecule has 1 N–H and O–H groups in total. The van der Waals surface area contributed by atoms with Crippen molar-refractivity contribution in [3.63, 3.8) is 0 Å². The Kier molecular flexibility index (Phi) is 4.82. The monoisotopic (exact) mass is 333 g/mol. The predicted molar refractivity (Wildman–Crippen MR) is 86.5 cm³/mol. The molecule has 2 aliphatic heterocycles. The number of aromatic nitrogens is 1. The van der Waals surface area contributed by atoms with E-state index in [1.54, 1.807) is 18.3 Å². The van der Waals surface area contributed by atoms with E-state index in [0.29, 0.717) is 18.4 Å². The molecule has 0 saturated carbocycles. The lowest BCUT2D eigenvalue weighted by Gasteiger charge is -2.44. The molecule has 3 heterocycles. The lowest BCUT2D eigenvalue weighted by molar-refractivity contribution is -0.143. The minimum absolute atomic E-state index is 0.0368. The van der Waals surface area contributed by atoms with Gasteiger partial charge >= 0.3 is 5.97 Å². The van der Waals surface area contributed by atoms with Crippen LogP contribution in [-0.2, 0) is 9.53 Å². The van der Waals surface area contributed by atoms with Gasteiger partial charge in [0.1, 0.15) is 5.72 Å². The Morgan fingerprint density at radius 2 is 2.17 bits per heavy atom. The second-order valence-electron chi connectivity index (χ2n) is 6.37. The summed E-state index contributed by atoms with van der Waals surface area (Å²) in [6, 6.07) is 2.39. The van der Waals surface area contributed by atoms with Gasteiger partial charge in [-0.05, 0) is 25.1 Å². The molecule has 2 fully saturated rings. The smallest absolute Gasteiger partial charge is 0.328 e. The first-order chi connectivity index (χ1) is 11.6. The van der Waals surface area contributed by atoms with Gasteiger partial charge in [-0.15, -0.1) is 0 Å². The molecule has 7 heteroatoms. The number of hydrogen-bond acceptors (Lipinski definition) is 5. The van der Waals surface area contributed by atoms with E-state index in [4.69, 9.17) is 4.74 Å². The van der Waals surface area contributed by atoms with E-state index in [0.717, 1.165) is 26.1 Å². The number of aliphatic carboxylic acids is 1. The second-order valence-corrected chi connectivity index (χ2v) is 6.37. The zero-order valence-corrected chi connectivity index (χ0v) is 13.9. The highest BCUT2D eigenvalue weighted by molar-refractivity contribution is 5.97. The Morgan fingerprint density at radius 1 is 1.42 bits per heavy atom. The maximum absolute atomic E-state index is 13.0. The Morgan fingerprint density at radius 3 is 2.75 bits per heavy atom. The average Bonchev–Trinajstić information content (AvgIpc) is 2.97. The molecule has 1 amide bonds. The fraction of sp³-hybridized carbons (Fsp3) is 0.588. The minimum Gasteiger partial charge on any atom is -0.480 e. The normalized spacial score (nSPS) is 23.5. The summed E-state index contributed by atoms with van der Waals surface area (Å²) in [7, 11) is 0. The van der Waals surface area contributed by atoms with Gasteiger partial charge in [0.05, 0.1) is 12.2 Å². The van der Waals surface area contributed by atoms with Crippen molar-refractivity contribution in [1.29, 1.82) is 0 Å². The van der Waals surface area contributed by atoms with Crippen molar-refractivity contribution in [2.24, 2.45) is 0 Å². The molecule has 3 rings (SSSR count). The van der Waals surface area contributed by atoms with Crippen LogP contribution in [0.3, 0.4) is 0 Å². The number of pyridine rings is 1. The van der Waals surface area contributed by atoms with Gasteiger partial charge < -0.3 is 14.7 Å². The molecule has 0 aromatic carbocycles. The molecule has 1 atom stereocenters. The van der Waals surface area contributed by atoms with Gasteiger partial charge in [0.2, 0.25) is 0 Å². The zero-order valence-electron chi connectivity index (χ0n) is 13.9. The average molecular weight is 333 g/mol. The molecule has 0 unspecified atom stereocenters. The van der Waals surface area contributed by atoms with Crippen LogP contribution in [0.2, 0.25) is 0 Å². The van der Waals surface area contributed by atoms with Crippen molar-refractivity contribution in [2.75, 3.05) is 26.2 Å². The van der Waals surface area contributed by atoms with Crippen molar-refractivity contribution in [3.8, 4) is 0 Å². The summed E-state index contributed by atoms with van der Waals surface area (Å²) in [6.45, 7) is 4.78. The third-order valence-electron chi connectivity index (χ3n) is 4.85. The Balaban J connectivity index is 1.86. The standard InChI is InChI=1S/C17H23N3O4/c1-2-8-19-9-5-17(6-10-19)20(14(12-24-17)16(22)23)15(21)13-4-3-7-18-11-13/h3-4,7,11,14H,2,5-6,8-10,12H2,1H3,(H,22,23)/t14-/m1/s1. The fourth-order valence-corrected chi connectivity index (χ4v) is 3.63. The van der Waals surface area contributed by atoms with E-state index in [-0.39, 0.29) is 12.5 Å². The third-order valence-corrected chi connectivity index (χ3v) is 4.85. The van der Waals surface area contributed by atoms with Gasteiger partial charge in [-0.2, -0.15) is 0 Å². The molecular formula is C17H23N3O4. The minimum atomic E-state index is -1.03. The van der Waals surface area contributed by atoms with Crippen LogP contribution in [0.15, 0.2) is 24.5 Å². The molecule has 1 aromatic heterocycles. The van der Waals surface area contributed by atoms with E-state index in [1.165, 1.54) is 11.1 Å². The number of carbonyl (C=O) groups excluding carboxylic acids is 1. The van der Waals surface area contributed by atoms with E-state index >= 15 is 0 Å². The Hall–Kier alpha value is -1.99. The Labute approximate surface area is 141 Å². The molecule has 2 saturated heterocycles. The van der Waals surface area contributed by atoms with E-state index in [2.05, 4.69) is 16.8 Å². The van der Waals surface area contributed by atoms with Crippen LogP contribution in [0.25, 0.3) is 0 Å². The molecule has 0 aliphatic carbocycles. The van der Waals surface area contributed by atoms with Crippen molar-refractivity contribution < 1.29 is 19.4 Å². The molecule has 0 bridgehead atoms. The molecular weight excluding hydrogens is 310 g/mol. The SMILES string of the molecule is CCCN1CCC2(CC1)OC[C@H](C(=O)O)N2C(=O)c1cccnc1. The number of rotatable bonds is 4. The lowest BCUT2D eigenvalue weighted by atomic mass is 9.97. The third kappa shape index (κ3) is 3.01. The number of ether oxygens (including phenoxy) is 1. The summed E-state index contributed by atoms with van der Waals surface area (Å²) < 4.78 is 5.91. The molecule has 2 aliphatic rings. The highest BCUT2D eigenvalue weighted by Gasteiger charge is 2.53. The van der Waals surface area contributed by atoms with Gasteiger partial charge in [-0.1, -0.05) is 6.92 Å². The summed E-state index contributed by atoms with van der Waals surface area (Å²) in [4.78, 5) is 32.4. The second kappa shape index (κ2) is 6.86. The quantitative estimate of drug-likeness (QED) is 0.892. The van der Waals surface area contributed by atoms with Crippen LogP contribution in [0.4, 0.5) is 0 Å². The number of amides is 1. The molecule has 130 valence electrons. The van der Waals surface area contributed by atoms with Crippen LogP contribution in [-0.4, -0.2) is 69.8 Å². The number of likely N-dealkylation sites (tertiary alicyclic amines) is 1.